The lowest BCUT2D eigenvalue weighted by atomic mass is 10.1. The van der Waals surface area contributed by atoms with Crippen molar-refractivity contribution in [2.24, 2.45) is 0 Å². The number of halogens is 1. The number of hydrogen-bond acceptors (Lipinski definition) is 8. The number of nitrogens with zero attached hydrogens (tertiary/aromatic N) is 6. The van der Waals surface area contributed by atoms with Gasteiger partial charge in [0, 0.05) is 57.6 Å². The maximum Gasteiger partial charge on any atom is 0.317 e. The van der Waals surface area contributed by atoms with E-state index in [2.05, 4.69) is 25.6 Å². The highest BCUT2D eigenvalue weighted by Gasteiger charge is 2.33. The quantitative estimate of drug-likeness (QED) is 0.365. The third-order valence-electron chi connectivity index (χ3n) is 6.36. The molecule has 4 rings (SSSR count). The summed E-state index contributed by atoms with van der Waals surface area (Å²) in [4.78, 5) is 42.7. The molecule has 13 heteroatoms. The average molecular weight is 557 g/mol. The van der Waals surface area contributed by atoms with Crippen LogP contribution >= 0.6 is 11.6 Å². The predicted molar refractivity (Wildman–Crippen MR) is 147 cm³/mol. The topological polar surface area (TPSA) is 127 Å². The molecule has 1 aliphatic heterocycles. The Morgan fingerprint density at radius 3 is 2.64 bits per heavy atom. The SMILES string of the molecule is CCCNC(=O)N1CCN(c2cc(Cl)nc(-n3ccnc3)n2)CC1CC(=O)NCc1ccc(OC)c(OC)c1. The highest BCUT2D eigenvalue weighted by atomic mass is 35.5. The van der Waals surface area contributed by atoms with E-state index in [1.807, 2.05) is 24.0 Å². The Balaban J connectivity index is 1.48. The second-order valence-electron chi connectivity index (χ2n) is 9.01. The van der Waals surface area contributed by atoms with Crippen LogP contribution in [0, 0.1) is 0 Å². The summed E-state index contributed by atoms with van der Waals surface area (Å²) in [5, 5.41) is 6.18. The van der Waals surface area contributed by atoms with Crippen LogP contribution in [0.15, 0.2) is 43.0 Å². The zero-order valence-electron chi connectivity index (χ0n) is 22.3. The van der Waals surface area contributed by atoms with Crippen LogP contribution in [-0.2, 0) is 11.3 Å². The summed E-state index contributed by atoms with van der Waals surface area (Å²) >= 11 is 6.32. The number of rotatable bonds is 10. The molecule has 1 atom stereocenters. The molecule has 3 amide bonds. The molecular weight excluding hydrogens is 524 g/mol. The van der Waals surface area contributed by atoms with Crippen molar-refractivity contribution < 1.29 is 19.1 Å². The van der Waals surface area contributed by atoms with Gasteiger partial charge in [0.1, 0.15) is 17.3 Å². The van der Waals surface area contributed by atoms with Gasteiger partial charge in [0.05, 0.1) is 20.3 Å². The van der Waals surface area contributed by atoms with Gasteiger partial charge in [0.15, 0.2) is 11.5 Å². The number of aromatic nitrogens is 4. The van der Waals surface area contributed by atoms with Gasteiger partial charge in [-0.25, -0.2) is 14.8 Å². The van der Waals surface area contributed by atoms with E-state index in [-0.39, 0.29) is 29.6 Å². The third kappa shape index (κ3) is 7.08. The van der Waals surface area contributed by atoms with Crippen molar-refractivity contribution in [1.82, 2.24) is 35.1 Å². The second kappa shape index (κ2) is 13.1. The summed E-state index contributed by atoms with van der Waals surface area (Å²) in [5.41, 5.74) is 0.867. The number of ether oxygens (including phenoxy) is 2. The number of hydrogen-bond donors (Lipinski definition) is 2. The first-order chi connectivity index (χ1) is 18.9. The molecule has 1 unspecified atom stereocenters. The summed E-state index contributed by atoms with van der Waals surface area (Å²) in [5.74, 6) is 2.03. The Labute approximate surface area is 232 Å². The molecule has 2 N–H and O–H groups in total. The monoisotopic (exact) mass is 556 g/mol. The van der Waals surface area contributed by atoms with Gasteiger partial charge in [-0.1, -0.05) is 24.6 Å². The second-order valence-corrected chi connectivity index (χ2v) is 9.40. The number of carbonyl (C=O) groups excluding carboxylic acids is 2. The Morgan fingerprint density at radius 1 is 1.10 bits per heavy atom. The summed E-state index contributed by atoms with van der Waals surface area (Å²) in [7, 11) is 3.14. The molecule has 0 saturated carbocycles. The van der Waals surface area contributed by atoms with Gasteiger partial charge >= 0.3 is 6.03 Å². The fraction of sp³-hybridized carbons (Fsp3) is 0.423. The van der Waals surface area contributed by atoms with Crippen LogP contribution in [0.25, 0.3) is 5.95 Å². The number of nitrogens with one attached hydrogen (secondary N) is 2. The Hall–Kier alpha value is -4.06. The number of imidazole rings is 1. The van der Waals surface area contributed by atoms with Crippen molar-refractivity contribution in [3.8, 4) is 17.4 Å². The predicted octanol–water partition coefficient (Wildman–Crippen LogP) is 2.65. The lowest BCUT2D eigenvalue weighted by Crippen LogP contribution is -2.59. The van der Waals surface area contributed by atoms with E-state index in [0.29, 0.717) is 56.0 Å². The lowest BCUT2D eigenvalue weighted by Gasteiger charge is -2.41. The molecular formula is C26H33ClN8O4. The minimum atomic E-state index is -0.383. The molecule has 39 heavy (non-hydrogen) atoms. The van der Waals surface area contributed by atoms with Crippen molar-refractivity contribution >= 4 is 29.4 Å². The number of piperazine rings is 1. The largest absolute Gasteiger partial charge is 0.493 e. The smallest absolute Gasteiger partial charge is 0.317 e. The van der Waals surface area contributed by atoms with Gasteiger partial charge in [0.25, 0.3) is 0 Å². The fourth-order valence-corrected chi connectivity index (χ4v) is 4.54. The molecule has 3 aromatic rings. The first-order valence-electron chi connectivity index (χ1n) is 12.7. The maximum absolute atomic E-state index is 13.1. The zero-order valence-corrected chi connectivity index (χ0v) is 23.0. The van der Waals surface area contributed by atoms with Crippen molar-refractivity contribution in [2.75, 3.05) is 45.3 Å². The van der Waals surface area contributed by atoms with Crippen molar-refractivity contribution in [2.45, 2.75) is 32.4 Å². The van der Waals surface area contributed by atoms with Gasteiger partial charge in [0.2, 0.25) is 11.9 Å². The van der Waals surface area contributed by atoms with E-state index >= 15 is 0 Å². The van der Waals surface area contributed by atoms with Crippen molar-refractivity contribution in [3.05, 3.63) is 53.7 Å². The van der Waals surface area contributed by atoms with Gasteiger partial charge in [-0.05, 0) is 24.1 Å². The number of benzene rings is 1. The number of methoxy groups -OCH3 is 2. The van der Waals surface area contributed by atoms with E-state index in [1.165, 1.54) is 0 Å². The van der Waals surface area contributed by atoms with Crippen LogP contribution < -0.4 is 25.0 Å². The molecule has 0 bridgehead atoms. The molecule has 1 aliphatic rings. The molecule has 208 valence electrons. The molecule has 1 fully saturated rings. The molecule has 0 radical (unpaired) electrons. The Bertz CT molecular complexity index is 1270. The molecule has 1 aromatic carbocycles. The standard InChI is InChI=1S/C26H33ClN8O4/c1-4-7-29-26(37)35-11-10-33(23-14-22(27)31-25(32-23)34-9-8-28-17-34)16-19(35)13-24(36)30-15-18-5-6-20(38-2)21(12-18)39-3/h5-6,8-9,12,14,17,19H,4,7,10-11,13,15-16H2,1-3H3,(H,29,37)(H,30,36). The number of urea groups is 1. The molecule has 0 spiro atoms. The summed E-state index contributed by atoms with van der Waals surface area (Å²) in [6, 6.07) is 6.60. The van der Waals surface area contributed by atoms with Gasteiger partial charge < -0.3 is 29.9 Å². The number of carbonyl (C=O) groups is 2. The van der Waals surface area contributed by atoms with Crippen LogP contribution in [0.4, 0.5) is 10.6 Å². The van der Waals surface area contributed by atoms with Crippen LogP contribution in [0.3, 0.4) is 0 Å². The van der Waals surface area contributed by atoms with Crippen LogP contribution in [-0.4, -0.2) is 82.8 Å². The van der Waals surface area contributed by atoms with E-state index < -0.39 is 0 Å². The van der Waals surface area contributed by atoms with E-state index in [4.69, 9.17) is 21.1 Å². The van der Waals surface area contributed by atoms with Gasteiger partial charge in [-0.3, -0.25) is 9.36 Å². The van der Waals surface area contributed by atoms with Crippen molar-refractivity contribution in [1.29, 1.82) is 0 Å². The molecule has 3 heterocycles. The maximum atomic E-state index is 13.1. The van der Waals surface area contributed by atoms with Crippen LogP contribution in [0.5, 0.6) is 11.5 Å². The van der Waals surface area contributed by atoms with Gasteiger partial charge in [-0.2, -0.15) is 4.98 Å². The zero-order chi connectivity index (χ0) is 27.8. The summed E-state index contributed by atoms with van der Waals surface area (Å²) in [6.45, 7) is 4.22. The van der Waals surface area contributed by atoms with E-state index in [9.17, 15) is 9.59 Å². The number of anilines is 1. The Morgan fingerprint density at radius 2 is 1.92 bits per heavy atom. The first-order valence-corrected chi connectivity index (χ1v) is 13.1. The molecule has 12 nitrogen and oxygen atoms in total. The highest BCUT2D eigenvalue weighted by Crippen LogP contribution is 2.27. The first kappa shape index (κ1) is 28.0. The van der Waals surface area contributed by atoms with Crippen LogP contribution in [0.2, 0.25) is 5.15 Å². The highest BCUT2D eigenvalue weighted by molar-refractivity contribution is 6.29. The minimum Gasteiger partial charge on any atom is -0.493 e. The lowest BCUT2D eigenvalue weighted by molar-refractivity contribution is -0.122. The third-order valence-corrected chi connectivity index (χ3v) is 6.55. The Kier molecular flexibility index (Phi) is 9.42. The number of amides is 3. The van der Waals surface area contributed by atoms with Crippen molar-refractivity contribution in [3.63, 3.8) is 0 Å². The normalized spacial score (nSPS) is 15.1. The molecule has 0 aliphatic carbocycles. The van der Waals surface area contributed by atoms with Crippen LogP contribution in [0.1, 0.15) is 25.3 Å². The minimum absolute atomic E-state index is 0.122. The van der Waals surface area contributed by atoms with E-state index in [1.54, 1.807) is 54.5 Å². The molecule has 2 aromatic heterocycles. The summed E-state index contributed by atoms with van der Waals surface area (Å²) in [6.07, 6.45) is 5.90. The fourth-order valence-electron chi connectivity index (χ4n) is 4.37. The summed E-state index contributed by atoms with van der Waals surface area (Å²) < 4.78 is 12.3. The average Bonchev–Trinajstić information content (AvgIpc) is 3.49. The van der Waals surface area contributed by atoms with Gasteiger partial charge in [-0.15, -0.1) is 0 Å². The van der Waals surface area contributed by atoms with E-state index in [0.717, 1.165) is 12.0 Å². The molecule has 1 saturated heterocycles.